The van der Waals surface area contributed by atoms with Crippen LogP contribution in [0.4, 0.5) is 5.69 Å². The molecule has 0 unspecified atom stereocenters. The number of benzene rings is 2. The van der Waals surface area contributed by atoms with E-state index in [0.29, 0.717) is 53.9 Å². The summed E-state index contributed by atoms with van der Waals surface area (Å²) >= 11 is 0. The van der Waals surface area contributed by atoms with Crippen molar-refractivity contribution in [3.63, 3.8) is 0 Å². The van der Waals surface area contributed by atoms with Crippen molar-refractivity contribution in [2.75, 3.05) is 45.4 Å². The van der Waals surface area contributed by atoms with E-state index < -0.39 is 5.91 Å². The first-order chi connectivity index (χ1) is 16.0. The molecule has 0 spiro atoms. The summed E-state index contributed by atoms with van der Waals surface area (Å²) < 4.78 is 21.9. The summed E-state index contributed by atoms with van der Waals surface area (Å²) in [6.45, 7) is 7.59. The van der Waals surface area contributed by atoms with Gasteiger partial charge in [-0.2, -0.15) is 0 Å². The molecule has 1 N–H and O–H groups in total. The molecule has 176 valence electrons. The van der Waals surface area contributed by atoms with Gasteiger partial charge in [0.2, 0.25) is 0 Å². The molecule has 0 radical (unpaired) electrons. The predicted molar refractivity (Wildman–Crippen MR) is 126 cm³/mol. The van der Waals surface area contributed by atoms with Gasteiger partial charge in [-0.1, -0.05) is 12.1 Å². The van der Waals surface area contributed by atoms with Crippen molar-refractivity contribution < 1.29 is 28.5 Å². The van der Waals surface area contributed by atoms with Gasteiger partial charge in [0, 0.05) is 18.9 Å². The fourth-order valence-electron chi connectivity index (χ4n) is 3.50. The zero-order valence-electron chi connectivity index (χ0n) is 19.5. The van der Waals surface area contributed by atoms with Gasteiger partial charge < -0.3 is 24.3 Å². The van der Waals surface area contributed by atoms with E-state index in [9.17, 15) is 9.59 Å². The van der Waals surface area contributed by atoms with Crippen LogP contribution in [0.15, 0.2) is 48.2 Å². The van der Waals surface area contributed by atoms with Gasteiger partial charge in [0.15, 0.2) is 11.5 Å². The lowest BCUT2D eigenvalue weighted by molar-refractivity contribution is -0.137. The number of carbonyl (C=O) groups excluding carboxylic acids is 2. The SMILES string of the molecule is CCOc1ccc(C2=C(Nc3ccc(OCC)c(OCC)c3)C(=O)N(CCOC)C2=O)cc1. The summed E-state index contributed by atoms with van der Waals surface area (Å²) in [6.07, 6.45) is 0. The van der Waals surface area contributed by atoms with E-state index in [1.54, 1.807) is 42.5 Å². The number of rotatable bonds is 12. The van der Waals surface area contributed by atoms with Crippen LogP contribution in [-0.4, -0.2) is 56.8 Å². The summed E-state index contributed by atoms with van der Waals surface area (Å²) in [5.41, 5.74) is 1.73. The van der Waals surface area contributed by atoms with Gasteiger partial charge in [-0.05, 0) is 50.6 Å². The molecule has 8 heteroatoms. The van der Waals surface area contributed by atoms with E-state index in [2.05, 4.69) is 5.32 Å². The second-order valence-electron chi connectivity index (χ2n) is 7.11. The summed E-state index contributed by atoms with van der Waals surface area (Å²) in [4.78, 5) is 27.6. The molecule has 2 aromatic rings. The molecular weight excluding hydrogens is 424 g/mol. The third kappa shape index (κ3) is 5.46. The van der Waals surface area contributed by atoms with Gasteiger partial charge in [0.05, 0.1) is 38.5 Å². The zero-order valence-corrected chi connectivity index (χ0v) is 19.5. The number of hydrogen-bond acceptors (Lipinski definition) is 7. The first-order valence-corrected chi connectivity index (χ1v) is 11.0. The fourth-order valence-corrected chi connectivity index (χ4v) is 3.50. The van der Waals surface area contributed by atoms with Crippen molar-refractivity contribution in [2.45, 2.75) is 20.8 Å². The second-order valence-corrected chi connectivity index (χ2v) is 7.11. The molecule has 3 rings (SSSR count). The highest BCUT2D eigenvalue weighted by molar-refractivity contribution is 6.36. The van der Waals surface area contributed by atoms with E-state index in [4.69, 9.17) is 18.9 Å². The Hall–Kier alpha value is -3.52. The van der Waals surface area contributed by atoms with Crippen LogP contribution in [0.25, 0.3) is 5.57 Å². The molecule has 0 saturated heterocycles. The van der Waals surface area contributed by atoms with E-state index >= 15 is 0 Å². The fraction of sp³-hybridized carbons (Fsp3) is 0.360. The minimum Gasteiger partial charge on any atom is -0.494 e. The molecule has 0 bridgehead atoms. The number of amides is 2. The molecule has 1 aliphatic rings. The Kier molecular flexibility index (Phi) is 8.32. The largest absolute Gasteiger partial charge is 0.494 e. The Balaban J connectivity index is 2.00. The third-order valence-electron chi connectivity index (χ3n) is 4.95. The lowest BCUT2D eigenvalue weighted by Crippen LogP contribution is -2.35. The van der Waals surface area contributed by atoms with Gasteiger partial charge >= 0.3 is 0 Å². The monoisotopic (exact) mass is 454 g/mol. The van der Waals surface area contributed by atoms with Crippen molar-refractivity contribution >= 4 is 23.1 Å². The van der Waals surface area contributed by atoms with Crippen LogP contribution >= 0.6 is 0 Å². The van der Waals surface area contributed by atoms with Gasteiger partial charge in [0.25, 0.3) is 11.8 Å². The summed E-state index contributed by atoms with van der Waals surface area (Å²) in [6, 6.07) is 12.4. The highest BCUT2D eigenvalue weighted by atomic mass is 16.5. The minimum absolute atomic E-state index is 0.160. The average molecular weight is 455 g/mol. The first kappa shape index (κ1) is 24.1. The van der Waals surface area contributed by atoms with Crippen LogP contribution in [0.2, 0.25) is 0 Å². The average Bonchev–Trinajstić information content (AvgIpc) is 3.04. The molecule has 0 aliphatic carbocycles. The maximum Gasteiger partial charge on any atom is 0.278 e. The van der Waals surface area contributed by atoms with Crippen LogP contribution < -0.4 is 19.5 Å². The molecular formula is C25H30N2O6. The number of carbonyl (C=O) groups is 2. The van der Waals surface area contributed by atoms with Crippen LogP contribution in [0.5, 0.6) is 17.2 Å². The van der Waals surface area contributed by atoms with Gasteiger partial charge in [-0.25, -0.2) is 0 Å². The molecule has 0 aromatic heterocycles. The van der Waals surface area contributed by atoms with Crippen molar-refractivity contribution in [3.8, 4) is 17.2 Å². The van der Waals surface area contributed by atoms with Crippen molar-refractivity contribution in [3.05, 3.63) is 53.7 Å². The predicted octanol–water partition coefficient (Wildman–Crippen LogP) is 3.72. The van der Waals surface area contributed by atoms with Crippen molar-refractivity contribution in [1.29, 1.82) is 0 Å². The number of hydrogen-bond donors (Lipinski definition) is 1. The molecule has 2 amide bonds. The molecule has 1 aliphatic heterocycles. The lowest BCUT2D eigenvalue weighted by Gasteiger charge is -2.15. The van der Waals surface area contributed by atoms with Crippen LogP contribution in [0, 0.1) is 0 Å². The zero-order chi connectivity index (χ0) is 23.8. The van der Waals surface area contributed by atoms with Crippen LogP contribution in [-0.2, 0) is 14.3 Å². The lowest BCUT2D eigenvalue weighted by atomic mass is 10.0. The Morgan fingerprint density at radius 1 is 0.818 bits per heavy atom. The van der Waals surface area contributed by atoms with Gasteiger partial charge in [-0.3, -0.25) is 14.5 Å². The van der Waals surface area contributed by atoms with Crippen molar-refractivity contribution in [2.24, 2.45) is 0 Å². The Labute approximate surface area is 194 Å². The molecule has 0 atom stereocenters. The minimum atomic E-state index is -0.409. The standard InChI is InChI=1S/C25H30N2O6/c1-5-31-19-11-8-17(9-12-19)22-23(25(29)27(24(22)28)14-15-30-4)26-18-10-13-20(32-6-2)21(16-18)33-7-3/h8-13,16,26H,5-7,14-15H2,1-4H3. The maximum absolute atomic E-state index is 13.2. The number of methoxy groups -OCH3 is 1. The molecule has 0 saturated carbocycles. The molecule has 33 heavy (non-hydrogen) atoms. The molecule has 2 aromatic carbocycles. The van der Waals surface area contributed by atoms with E-state index in [1.165, 1.54) is 12.0 Å². The molecule has 0 fully saturated rings. The quantitative estimate of drug-likeness (QED) is 0.489. The first-order valence-electron chi connectivity index (χ1n) is 11.0. The van der Waals surface area contributed by atoms with Crippen molar-refractivity contribution in [1.82, 2.24) is 4.90 Å². The number of ether oxygens (including phenoxy) is 4. The highest BCUT2D eigenvalue weighted by Gasteiger charge is 2.39. The third-order valence-corrected chi connectivity index (χ3v) is 4.95. The number of nitrogens with zero attached hydrogens (tertiary/aromatic N) is 1. The Morgan fingerprint density at radius 2 is 1.48 bits per heavy atom. The van der Waals surface area contributed by atoms with E-state index in [0.717, 1.165) is 0 Å². The molecule has 1 heterocycles. The smallest absolute Gasteiger partial charge is 0.278 e. The topological polar surface area (TPSA) is 86.3 Å². The van der Waals surface area contributed by atoms with Crippen LogP contribution in [0.3, 0.4) is 0 Å². The number of imide groups is 1. The second kappa shape index (κ2) is 11.4. The summed E-state index contributed by atoms with van der Waals surface area (Å²) in [5, 5.41) is 3.14. The van der Waals surface area contributed by atoms with E-state index in [-0.39, 0.29) is 24.8 Å². The Morgan fingerprint density at radius 3 is 2.12 bits per heavy atom. The highest BCUT2D eigenvalue weighted by Crippen LogP contribution is 2.35. The Bertz CT molecular complexity index is 1020. The summed E-state index contributed by atoms with van der Waals surface area (Å²) in [7, 11) is 1.53. The van der Waals surface area contributed by atoms with Gasteiger partial charge in [-0.15, -0.1) is 0 Å². The normalized spacial score (nSPS) is 13.5. The number of anilines is 1. The van der Waals surface area contributed by atoms with Gasteiger partial charge in [0.1, 0.15) is 11.4 Å². The number of nitrogens with one attached hydrogen (secondary N) is 1. The van der Waals surface area contributed by atoms with E-state index in [1.807, 2.05) is 20.8 Å². The van der Waals surface area contributed by atoms with Crippen LogP contribution in [0.1, 0.15) is 26.3 Å². The summed E-state index contributed by atoms with van der Waals surface area (Å²) in [5.74, 6) is 1.08. The molecule has 8 nitrogen and oxygen atoms in total. The maximum atomic E-state index is 13.2.